The maximum absolute atomic E-state index is 12.0. The lowest BCUT2D eigenvalue weighted by Gasteiger charge is -2.39. The van der Waals surface area contributed by atoms with Crippen molar-refractivity contribution < 1.29 is 19.4 Å². The average molecular weight is 330 g/mol. The van der Waals surface area contributed by atoms with Crippen molar-refractivity contribution in [1.82, 2.24) is 4.90 Å². The van der Waals surface area contributed by atoms with Gasteiger partial charge in [0.2, 0.25) is 7.34 Å². The van der Waals surface area contributed by atoms with Crippen LogP contribution >= 0.6 is 12.5 Å². The van der Waals surface area contributed by atoms with E-state index < -0.39 is 5.79 Å². The van der Waals surface area contributed by atoms with Crippen LogP contribution in [-0.2, 0) is 14.3 Å². The number of ether oxygens (including phenoxy) is 2. The highest BCUT2D eigenvalue weighted by atomic mass is 32.1. The van der Waals surface area contributed by atoms with Crippen molar-refractivity contribution in [3.63, 3.8) is 0 Å². The third-order valence-corrected chi connectivity index (χ3v) is 5.12. The Bertz CT molecular complexity index is 464. The van der Waals surface area contributed by atoms with E-state index in [4.69, 9.17) is 17.3 Å². The molecule has 3 saturated heterocycles. The number of hydrogen-bond acceptors (Lipinski definition) is 5. The fourth-order valence-corrected chi connectivity index (χ4v) is 4.20. The largest absolute Gasteiger partial charge is 0.391 e. The summed E-state index contributed by atoms with van der Waals surface area (Å²) in [7, 11) is 0. The number of aliphatic hydroxyl groups is 1. The second-order valence-corrected chi connectivity index (χ2v) is 7.10. The molecule has 0 aromatic heterocycles. The average Bonchev–Trinajstić information content (AvgIpc) is 3.03. The molecule has 7 heteroatoms. The van der Waals surface area contributed by atoms with E-state index >= 15 is 0 Å². The Hall–Kier alpha value is -0.235. The lowest BCUT2D eigenvalue weighted by molar-refractivity contribution is -0.211. The van der Waals surface area contributed by atoms with Crippen LogP contribution in [0.1, 0.15) is 44.9 Å². The Morgan fingerprint density at radius 1 is 1.50 bits per heavy atom. The molecule has 1 aliphatic carbocycles. The molecule has 5 nitrogen and oxygen atoms in total. The highest BCUT2D eigenvalue weighted by molar-refractivity contribution is 8.06. The molecule has 0 aromatic rings. The van der Waals surface area contributed by atoms with Gasteiger partial charge in [-0.05, 0) is 20.6 Å². The summed E-state index contributed by atoms with van der Waals surface area (Å²) in [5, 5.41) is 4.86. The van der Waals surface area contributed by atoms with E-state index in [-0.39, 0.29) is 36.8 Å². The molecule has 0 radical (unpaired) electrons. The minimum Gasteiger partial charge on any atom is -0.391 e. The topological polar surface area (TPSA) is 59.0 Å². The van der Waals surface area contributed by atoms with Crippen molar-refractivity contribution in [2.45, 2.75) is 81.9 Å². The summed E-state index contributed by atoms with van der Waals surface area (Å²) in [6, 6.07) is -0.139. The standard InChI is InChI=1S/C14H21NO4.CH5BS/c16-9-4-5-11(17)15-8-10-13(12(9)15)19-14(18-10)6-2-1-3-7-14;1-2-3/h9-10,12-13,16H,1-8H2;2-3H,1H3/t9-,10-,12-,13-;/m1./s1/i16T;2D. The van der Waals surface area contributed by atoms with E-state index in [1.165, 1.54) is 6.42 Å². The summed E-state index contributed by atoms with van der Waals surface area (Å²) in [4.78, 5) is 13.8. The minimum absolute atomic E-state index is 0.0437. The van der Waals surface area contributed by atoms with Gasteiger partial charge in [0.15, 0.2) is 12.3 Å². The van der Waals surface area contributed by atoms with Gasteiger partial charge in [-0.3, -0.25) is 4.79 Å². The molecule has 3 aliphatic heterocycles. The predicted molar refractivity (Wildman–Crippen MR) is 88.3 cm³/mol. The summed E-state index contributed by atoms with van der Waals surface area (Å²) >= 11 is 3.63. The molecule has 4 rings (SSSR count). The lowest BCUT2D eigenvalue weighted by atomic mass is 9.94. The van der Waals surface area contributed by atoms with Crippen LogP contribution in [0.15, 0.2) is 0 Å². The van der Waals surface area contributed by atoms with Gasteiger partial charge in [-0.1, -0.05) is 13.2 Å². The first kappa shape index (κ1) is 14.1. The van der Waals surface area contributed by atoms with Crippen LogP contribution in [0.2, 0.25) is 6.82 Å². The van der Waals surface area contributed by atoms with Crippen LogP contribution in [0.5, 0.6) is 0 Å². The van der Waals surface area contributed by atoms with Crippen LogP contribution in [0, 0.1) is 0 Å². The Balaban J connectivity index is 0.000000383. The number of carbonyl (C=O) groups is 1. The highest BCUT2D eigenvalue weighted by Gasteiger charge is 2.59. The van der Waals surface area contributed by atoms with Crippen LogP contribution in [0.4, 0.5) is 0 Å². The van der Waals surface area contributed by atoms with Crippen molar-refractivity contribution in [3.05, 3.63) is 0 Å². The number of carbonyl (C=O) groups excluding carboxylic acids is 1. The van der Waals surface area contributed by atoms with Crippen molar-refractivity contribution in [2.24, 2.45) is 0 Å². The maximum atomic E-state index is 12.0. The van der Waals surface area contributed by atoms with Crippen LogP contribution in [0.25, 0.3) is 0 Å². The summed E-state index contributed by atoms with van der Waals surface area (Å²) in [5.41, 5.74) is 0. The fourth-order valence-electron chi connectivity index (χ4n) is 4.20. The number of hydrogen-bond donors (Lipinski definition) is 2. The molecule has 22 heavy (non-hydrogen) atoms. The second kappa shape index (κ2) is 6.71. The smallest absolute Gasteiger partial charge is 0.223 e. The summed E-state index contributed by atoms with van der Waals surface area (Å²) in [6.07, 6.45) is 6.11. The normalized spacial score (nSPS) is 40.3. The molecule has 3 heterocycles. The third-order valence-electron chi connectivity index (χ3n) is 5.12. The molecule has 124 valence electrons. The van der Waals surface area contributed by atoms with Gasteiger partial charge in [0.25, 0.3) is 0 Å². The number of amides is 1. The van der Waals surface area contributed by atoms with Crippen LogP contribution in [-0.4, -0.2) is 61.9 Å². The van der Waals surface area contributed by atoms with Gasteiger partial charge in [-0.2, -0.15) is 0 Å². The van der Waals surface area contributed by atoms with Gasteiger partial charge >= 0.3 is 0 Å². The van der Waals surface area contributed by atoms with Gasteiger partial charge in [-0.25, -0.2) is 12.5 Å². The first-order valence-electron chi connectivity index (χ1n) is 9.32. The van der Waals surface area contributed by atoms with Gasteiger partial charge in [0, 0.05) is 19.3 Å². The van der Waals surface area contributed by atoms with Crippen molar-refractivity contribution in [2.75, 3.05) is 6.54 Å². The highest BCUT2D eigenvalue weighted by Crippen LogP contribution is 2.46. The molecule has 4 fully saturated rings. The lowest BCUT2D eigenvalue weighted by Crippen LogP contribution is -2.53. The molecule has 0 aromatic carbocycles. The SMILES string of the molecule is [2H]B(C)S.[3H]O[C@@H]1CCC(=O)N2C[C@H]3OC4(CCCCC4)O[C@H]3[C@@H]12. The van der Waals surface area contributed by atoms with Gasteiger partial charge in [-0.15, -0.1) is 0 Å². The zero-order valence-electron chi connectivity index (χ0n) is 15.1. The van der Waals surface area contributed by atoms with Gasteiger partial charge < -0.3 is 19.5 Å². The molecule has 0 unspecified atom stereocenters. The maximum Gasteiger partial charge on any atom is 0.223 e. The quantitative estimate of drug-likeness (QED) is 0.559. The molecular formula is C15H26BNO4S. The third kappa shape index (κ3) is 2.93. The summed E-state index contributed by atoms with van der Waals surface area (Å²) in [6.45, 7) is 2.07. The number of aliphatic hydroxyl groups excluding tert-OH is 1. The summed E-state index contributed by atoms with van der Waals surface area (Å²) in [5.74, 6) is -0.283. The Morgan fingerprint density at radius 2 is 2.23 bits per heavy atom. The number of fused-ring (bicyclic) bond motifs is 3. The molecule has 4 atom stereocenters. The molecule has 4 aliphatic rings. The monoisotopic (exact) mass is 330 g/mol. The number of nitrogens with zero attached hydrogens (tertiary/aromatic N) is 1. The Kier molecular flexibility index (Phi) is 4.31. The van der Waals surface area contributed by atoms with Crippen LogP contribution in [0.3, 0.4) is 0 Å². The van der Waals surface area contributed by atoms with Crippen molar-refractivity contribution in [3.8, 4) is 0 Å². The molecular weight excluding hydrogens is 301 g/mol. The molecule has 1 amide bonds. The van der Waals surface area contributed by atoms with Crippen molar-refractivity contribution >= 4 is 24.9 Å². The first-order chi connectivity index (χ1) is 11.5. The van der Waals surface area contributed by atoms with E-state index in [1.54, 1.807) is 6.82 Å². The van der Waals surface area contributed by atoms with Gasteiger partial charge in [0.05, 0.1) is 18.7 Å². The molecule has 1 spiro atoms. The van der Waals surface area contributed by atoms with Crippen LogP contribution < -0.4 is 0 Å². The number of piperidine rings is 1. The van der Waals surface area contributed by atoms with E-state index in [2.05, 4.69) is 12.5 Å². The molecule has 0 bridgehead atoms. The number of rotatable bonds is 1. The Labute approximate surface area is 141 Å². The van der Waals surface area contributed by atoms with Gasteiger partial charge in [0.1, 0.15) is 12.2 Å². The zero-order chi connectivity index (χ0) is 17.3. The van der Waals surface area contributed by atoms with E-state index in [0.29, 0.717) is 19.4 Å². The summed E-state index contributed by atoms with van der Waals surface area (Å²) < 4.78 is 26.2. The van der Waals surface area contributed by atoms with E-state index in [0.717, 1.165) is 25.7 Å². The fraction of sp³-hybridized carbons (Fsp3) is 0.933. The Morgan fingerprint density at radius 3 is 2.91 bits per heavy atom. The molecule has 1 saturated carbocycles. The molecule has 1 N–H and O–H groups in total. The first-order valence-corrected chi connectivity index (χ1v) is 8.85. The minimum atomic E-state index is -0.424. The van der Waals surface area contributed by atoms with E-state index in [9.17, 15) is 4.79 Å². The predicted octanol–water partition coefficient (Wildman–Crippen LogP) is 1.11. The zero-order valence-corrected chi connectivity index (χ0v) is 14.0. The second-order valence-electron chi connectivity index (χ2n) is 6.58. The number of thiol groups is 1. The van der Waals surface area contributed by atoms with E-state index in [1.807, 2.05) is 4.90 Å². The van der Waals surface area contributed by atoms with Crippen molar-refractivity contribution in [1.29, 1.82) is 2.77 Å².